The molecule has 19 heavy (non-hydrogen) atoms. The molecule has 4 nitrogen and oxygen atoms in total. The van der Waals surface area contributed by atoms with Crippen LogP contribution in [0.25, 0.3) is 0 Å². The molecule has 0 saturated heterocycles. The number of para-hydroxylation sites is 1. The Balaban J connectivity index is 2.03. The number of benzene rings is 2. The van der Waals surface area contributed by atoms with Crippen molar-refractivity contribution in [3.8, 4) is 11.8 Å². The number of hydrogen-bond donors (Lipinski definition) is 2. The summed E-state index contributed by atoms with van der Waals surface area (Å²) < 4.78 is 5.46. The van der Waals surface area contributed by atoms with Crippen LogP contribution >= 0.6 is 0 Å². The van der Waals surface area contributed by atoms with Gasteiger partial charge >= 0.3 is 0 Å². The van der Waals surface area contributed by atoms with E-state index in [1.807, 2.05) is 18.2 Å². The zero-order valence-corrected chi connectivity index (χ0v) is 10.3. The Bertz CT molecular complexity index is 605. The Morgan fingerprint density at radius 2 is 2.00 bits per heavy atom. The molecule has 0 bridgehead atoms. The van der Waals surface area contributed by atoms with E-state index in [2.05, 4.69) is 0 Å². The summed E-state index contributed by atoms with van der Waals surface area (Å²) in [6.07, 6.45) is -0.799. The van der Waals surface area contributed by atoms with E-state index in [0.717, 1.165) is 0 Å². The number of nitrogens with two attached hydrogens (primary N) is 1. The predicted molar refractivity (Wildman–Crippen MR) is 72.5 cm³/mol. The molecular formula is C15H14N2O2. The lowest BCUT2D eigenvalue weighted by Gasteiger charge is -2.14. The van der Waals surface area contributed by atoms with Crippen LogP contribution in [-0.2, 0) is 0 Å². The summed E-state index contributed by atoms with van der Waals surface area (Å²) in [5.74, 6) is 0.549. The molecule has 0 amide bonds. The number of nitrogen functional groups attached to an aromatic ring is 1. The smallest absolute Gasteiger partial charge is 0.120 e. The van der Waals surface area contributed by atoms with Crippen LogP contribution in [0.15, 0.2) is 48.5 Å². The molecule has 0 fully saturated rings. The average Bonchev–Trinajstić information content (AvgIpc) is 2.45. The van der Waals surface area contributed by atoms with Crippen molar-refractivity contribution in [3.05, 3.63) is 59.7 Å². The zero-order chi connectivity index (χ0) is 13.7. The molecule has 0 aliphatic rings. The van der Waals surface area contributed by atoms with E-state index >= 15 is 0 Å². The highest BCUT2D eigenvalue weighted by molar-refractivity contribution is 5.47. The van der Waals surface area contributed by atoms with Gasteiger partial charge in [0.25, 0.3) is 0 Å². The second-order valence-electron chi connectivity index (χ2n) is 4.10. The van der Waals surface area contributed by atoms with Gasteiger partial charge < -0.3 is 15.6 Å². The highest BCUT2D eigenvalue weighted by Gasteiger charge is 2.11. The lowest BCUT2D eigenvalue weighted by molar-refractivity contribution is 0.109. The molecule has 2 aromatic carbocycles. The molecule has 3 N–H and O–H groups in total. The van der Waals surface area contributed by atoms with Crippen molar-refractivity contribution in [2.24, 2.45) is 0 Å². The van der Waals surface area contributed by atoms with Crippen molar-refractivity contribution in [3.63, 3.8) is 0 Å². The van der Waals surface area contributed by atoms with Crippen molar-refractivity contribution in [2.75, 3.05) is 12.3 Å². The molecule has 0 aliphatic carbocycles. The number of aliphatic hydroxyl groups is 1. The summed E-state index contributed by atoms with van der Waals surface area (Å²) in [7, 11) is 0. The van der Waals surface area contributed by atoms with Crippen LogP contribution in [0.3, 0.4) is 0 Å². The van der Waals surface area contributed by atoms with Gasteiger partial charge in [-0.15, -0.1) is 0 Å². The molecule has 0 spiro atoms. The van der Waals surface area contributed by atoms with Crippen molar-refractivity contribution < 1.29 is 9.84 Å². The minimum Gasteiger partial charge on any atom is -0.490 e. The Kier molecular flexibility index (Phi) is 4.01. The first-order valence-electron chi connectivity index (χ1n) is 5.86. The number of aliphatic hydroxyl groups excluding tert-OH is 1. The maximum atomic E-state index is 10.0. The summed E-state index contributed by atoms with van der Waals surface area (Å²) >= 11 is 0. The Hall–Kier alpha value is -2.51. The van der Waals surface area contributed by atoms with Gasteiger partial charge in [0.2, 0.25) is 0 Å². The number of anilines is 1. The first-order chi connectivity index (χ1) is 9.20. The quantitative estimate of drug-likeness (QED) is 0.820. The zero-order valence-electron chi connectivity index (χ0n) is 10.3. The van der Waals surface area contributed by atoms with Gasteiger partial charge in [-0.3, -0.25) is 0 Å². The highest BCUT2D eigenvalue weighted by atomic mass is 16.5. The van der Waals surface area contributed by atoms with Crippen LogP contribution in [-0.4, -0.2) is 11.7 Å². The summed E-state index contributed by atoms with van der Waals surface area (Å²) in [5.41, 5.74) is 7.47. The average molecular weight is 254 g/mol. The third-order valence-electron chi connectivity index (χ3n) is 2.73. The van der Waals surface area contributed by atoms with E-state index < -0.39 is 6.10 Å². The van der Waals surface area contributed by atoms with Crippen LogP contribution in [0.2, 0.25) is 0 Å². The number of nitrogens with zero attached hydrogens (tertiary/aromatic N) is 1. The van der Waals surface area contributed by atoms with Gasteiger partial charge in [-0.05, 0) is 24.3 Å². The largest absolute Gasteiger partial charge is 0.490 e. The lowest BCUT2D eigenvalue weighted by atomic mass is 10.1. The number of nitriles is 1. The third kappa shape index (κ3) is 3.24. The van der Waals surface area contributed by atoms with Gasteiger partial charge in [0.1, 0.15) is 18.5 Å². The topological polar surface area (TPSA) is 79.3 Å². The summed E-state index contributed by atoms with van der Waals surface area (Å²) in [5, 5.41) is 18.8. The van der Waals surface area contributed by atoms with E-state index in [4.69, 9.17) is 15.7 Å². The molecule has 96 valence electrons. The van der Waals surface area contributed by atoms with Gasteiger partial charge in [-0.2, -0.15) is 5.26 Å². The summed E-state index contributed by atoms with van der Waals surface area (Å²) in [4.78, 5) is 0. The molecule has 0 saturated carbocycles. The van der Waals surface area contributed by atoms with Gasteiger partial charge in [-0.1, -0.05) is 24.3 Å². The fourth-order valence-electron chi connectivity index (χ4n) is 1.73. The van der Waals surface area contributed by atoms with Crippen LogP contribution in [0.1, 0.15) is 17.2 Å². The minimum absolute atomic E-state index is 0.0864. The second kappa shape index (κ2) is 5.89. The van der Waals surface area contributed by atoms with Crippen LogP contribution in [0.4, 0.5) is 5.69 Å². The summed E-state index contributed by atoms with van der Waals surface area (Å²) in [6, 6.07) is 15.9. The molecule has 0 aliphatic heterocycles. The molecule has 2 rings (SSSR count). The SMILES string of the molecule is N#Cc1cccc(OCC(O)c2ccccc2N)c1. The molecule has 1 atom stereocenters. The maximum Gasteiger partial charge on any atom is 0.120 e. The maximum absolute atomic E-state index is 10.0. The predicted octanol–water partition coefficient (Wildman–Crippen LogP) is 2.25. The fraction of sp³-hybridized carbons (Fsp3) is 0.133. The van der Waals surface area contributed by atoms with Crippen LogP contribution < -0.4 is 10.5 Å². The number of ether oxygens (including phenoxy) is 1. The highest BCUT2D eigenvalue weighted by Crippen LogP contribution is 2.21. The van der Waals surface area contributed by atoms with Gasteiger partial charge in [0, 0.05) is 11.3 Å². The normalized spacial score (nSPS) is 11.6. The van der Waals surface area contributed by atoms with E-state index in [1.165, 1.54) is 0 Å². The Morgan fingerprint density at radius 1 is 1.21 bits per heavy atom. The Labute approximate surface area is 111 Å². The molecule has 4 heteroatoms. The number of hydrogen-bond acceptors (Lipinski definition) is 4. The van der Waals surface area contributed by atoms with E-state index in [1.54, 1.807) is 36.4 Å². The monoisotopic (exact) mass is 254 g/mol. The molecule has 0 aromatic heterocycles. The van der Waals surface area contributed by atoms with Gasteiger partial charge in [0.15, 0.2) is 0 Å². The van der Waals surface area contributed by atoms with Crippen LogP contribution in [0, 0.1) is 11.3 Å². The van der Waals surface area contributed by atoms with Gasteiger partial charge in [0.05, 0.1) is 11.6 Å². The molecule has 2 aromatic rings. The fourth-order valence-corrected chi connectivity index (χ4v) is 1.73. The van der Waals surface area contributed by atoms with Crippen molar-refractivity contribution in [1.29, 1.82) is 5.26 Å². The van der Waals surface area contributed by atoms with Crippen LogP contribution in [0.5, 0.6) is 5.75 Å². The molecule has 0 heterocycles. The standard InChI is InChI=1S/C15H14N2O2/c16-9-11-4-3-5-12(8-11)19-10-15(18)13-6-1-2-7-14(13)17/h1-8,15,18H,10,17H2. The molecular weight excluding hydrogens is 240 g/mol. The minimum atomic E-state index is -0.799. The van der Waals surface area contributed by atoms with Crippen molar-refractivity contribution in [1.82, 2.24) is 0 Å². The van der Waals surface area contributed by atoms with Crippen molar-refractivity contribution in [2.45, 2.75) is 6.10 Å². The first kappa shape index (κ1) is 12.9. The molecule has 1 unspecified atom stereocenters. The third-order valence-corrected chi connectivity index (χ3v) is 2.73. The summed E-state index contributed by atoms with van der Waals surface area (Å²) in [6.45, 7) is 0.0864. The number of rotatable bonds is 4. The molecule has 0 radical (unpaired) electrons. The van der Waals surface area contributed by atoms with Gasteiger partial charge in [-0.25, -0.2) is 0 Å². The van der Waals surface area contributed by atoms with Crippen molar-refractivity contribution >= 4 is 5.69 Å². The second-order valence-corrected chi connectivity index (χ2v) is 4.10. The lowest BCUT2D eigenvalue weighted by Crippen LogP contribution is -2.11. The Morgan fingerprint density at radius 3 is 2.74 bits per heavy atom. The van der Waals surface area contributed by atoms with E-state index in [9.17, 15) is 5.11 Å². The van der Waals surface area contributed by atoms with E-state index in [0.29, 0.717) is 22.6 Å². The first-order valence-corrected chi connectivity index (χ1v) is 5.86. The van der Waals surface area contributed by atoms with E-state index in [-0.39, 0.29) is 6.61 Å².